The number of rotatable bonds is 3. The Morgan fingerprint density at radius 1 is 1.32 bits per heavy atom. The fourth-order valence-electron chi connectivity index (χ4n) is 6.04. The molecular formula is C22H34N2O4. The quantitative estimate of drug-likeness (QED) is 0.726. The second-order valence-corrected chi connectivity index (χ2v) is 10.9. The molecule has 0 aromatic carbocycles. The summed E-state index contributed by atoms with van der Waals surface area (Å²) in [6, 6.07) is -0.571. The van der Waals surface area contributed by atoms with E-state index >= 15 is 0 Å². The predicted molar refractivity (Wildman–Crippen MR) is 105 cm³/mol. The molecule has 2 aliphatic heterocycles. The van der Waals surface area contributed by atoms with Crippen molar-refractivity contribution < 1.29 is 19.4 Å². The number of nitrogens with zero attached hydrogens (tertiary/aromatic N) is 1. The molecule has 0 aromatic heterocycles. The average molecular weight is 391 g/mol. The molecule has 6 atom stereocenters. The van der Waals surface area contributed by atoms with Crippen LogP contribution in [0.4, 0.5) is 0 Å². The van der Waals surface area contributed by atoms with E-state index in [1.165, 1.54) is 12.8 Å². The molecule has 0 radical (unpaired) electrons. The highest BCUT2D eigenvalue weighted by Crippen LogP contribution is 2.61. The third-order valence-corrected chi connectivity index (χ3v) is 7.82. The molecule has 2 N–H and O–H groups in total. The maximum Gasteiger partial charge on any atom is 0.265 e. The fourth-order valence-corrected chi connectivity index (χ4v) is 6.04. The molecule has 3 saturated carbocycles. The van der Waals surface area contributed by atoms with Crippen molar-refractivity contribution in [2.75, 3.05) is 6.54 Å². The number of carbonyl (C=O) groups is 2. The van der Waals surface area contributed by atoms with Crippen LogP contribution in [0.15, 0.2) is 11.3 Å². The summed E-state index contributed by atoms with van der Waals surface area (Å²) in [6.07, 6.45) is 2.79. The molecule has 6 heteroatoms. The van der Waals surface area contributed by atoms with Crippen LogP contribution in [0, 0.1) is 28.6 Å². The first-order chi connectivity index (χ1) is 12.9. The van der Waals surface area contributed by atoms with Crippen LogP contribution in [0.2, 0.25) is 0 Å². The van der Waals surface area contributed by atoms with Gasteiger partial charge in [-0.15, -0.1) is 0 Å². The average Bonchev–Trinajstić information content (AvgIpc) is 3.09. The number of amides is 2. The zero-order valence-electron chi connectivity index (χ0n) is 17.9. The molecule has 0 spiro atoms. The highest BCUT2D eigenvalue weighted by atomic mass is 16.5. The van der Waals surface area contributed by atoms with Crippen LogP contribution in [0.25, 0.3) is 0 Å². The van der Waals surface area contributed by atoms with Crippen molar-refractivity contribution >= 4 is 11.8 Å². The lowest BCUT2D eigenvalue weighted by Crippen LogP contribution is -2.54. The van der Waals surface area contributed by atoms with Gasteiger partial charge in [-0.25, -0.2) is 0 Å². The number of ether oxygens (including phenoxy) is 1. The van der Waals surface area contributed by atoms with E-state index in [1.54, 1.807) is 4.90 Å². The maximum atomic E-state index is 13.0. The Bertz CT molecular complexity index is 733. The van der Waals surface area contributed by atoms with Gasteiger partial charge in [-0.3, -0.25) is 14.5 Å². The Morgan fingerprint density at radius 3 is 2.57 bits per heavy atom. The van der Waals surface area contributed by atoms with Gasteiger partial charge in [0.05, 0.1) is 6.10 Å². The van der Waals surface area contributed by atoms with Crippen LogP contribution in [-0.2, 0) is 14.3 Å². The smallest absolute Gasteiger partial charge is 0.265 e. The molecule has 28 heavy (non-hydrogen) atoms. The van der Waals surface area contributed by atoms with Crippen molar-refractivity contribution in [2.24, 2.45) is 28.6 Å². The molecule has 0 aromatic rings. The van der Waals surface area contributed by atoms with Gasteiger partial charge in [0.25, 0.3) is 11.8 Å². The molecule has 2 heterocycles. The summed E-state index contributed by atoms with van der Waals surface area (Å²) in [7, 11) is 0. The number of aliphatic hydroxyl groups excluding tert-OH is 1. The minimum Gasteiger partial charge on any atom is -0.509 e. The number of hydrogen-bond donors (Lipinski definition) is 2. The summed E-state index contributed by atoms with van der Waals surface area (Å²) in [5.41, 5.74) is -0.0524. The Morgan fingerprint density at radius 2 is 2.00 bits per heavy atom. The van der Waals surface area contributed by atoms with Crippen molar-refractivity contribution in [1.82, 2.24) is 10.2 Å². The van der Waals surface area contributed by atoms with Crippen LogP contribution in [0.3, 0.4) is 0 Å². The zero-order valence-corrected chi connectivity index (χ0v) is 17.9. The monoisotopic (exact) mass is 390 g/mol. The van der Waals surface area contributed by atoms with Crippen LogP contribution in [0.1, 0.15) is 60.8 Å². The molecule has 4 fully saturated rings. The Labute approximate surface area is 167 Å². The molecule has 3 unspecified atom stereocenters. The maximum absolute atomic E-state index is 13.0. The van der Waals surface area contributed by atoms with Crippen molar-refractivity contribution in [1.29, 1.82) is 0 Å². The Hall–Kier alpha value is -1.56. The van der Waals surface area contributed by atoms with Gasteiger partial charge in [0, 0.05) is 12.0 Å². The van der Waals surface area contributed by atoms with Gasteiger partial charge in [0.2, 0.25) is 0 Å². The first-order valence-electron chi connectivity index (χ1n) is 10.6. The van der Waals surface area contributed by atoms with Gasteiger partial charge in [0.1, 0.15) is 23.6 Å². The molecule has 1 saturated heterocycles. The fraction of sp³-hybridized carbons (Fsp3) is 0.818. The minimum absolute atomic E-state index is 0.101. The zero-order chi connectivity index (χ0) is 20.6. The highest BCUT2D eigenvalue weighted by Gasteiger charge is 2.57. The van der Waals surface area contributed by atoms with Gasteiger partial charge in [0.15, 0.2) is 0 Å². The summed E-state index contributed by atoms with van der Waals surface area (Å²) in [5, 5.41) is 13.7. The summed E-state index contributed by atoms with van der Waals surface area (Å²) in [6.45, 7) is 13.0. The summed E-state index contributed by atoms with van der Waals surface area (Å²) in [5.74, 6) is 0.890. The number of carbonyl (C=O) groups excluding carboxylic acids is 2. The minimum atomic E-state index is -0.571. The molecule has 3 aliphatic carbocycles. The summed E-state index contributed by atoms with van der Waals surface area (Å²) < 4.78 is 5.94. The van der Waals surface area contributed by atoms with E-state index in [2.05, 4.69) is 19.2 Å². The number of fused-ring (bicyclic) bond motifs is 3. The summed E-state index contributed by atoms with van der Waals surface area (Å²) in [4.78, 5) is 27.5. The lowest BCUT2D eigenvalue weighted by molar-refractivity contribution is -0.140. The molecule has 5 rings (SSSR count). The second kappa shape index (κ2) is 6.22. The number of aliphatic hydroxyl groups is 1. The van der Waals surface area contributed by atoms with Crippen molar-refractivity contribution in [3.05, 3.63) is 11.3 Å². The van der Waals surface area contributed by atoms with Crippen molar-refractivity contribution in [3.63, 3.8) is 0 Å². The van der Waals surface area contributed by atoms with E-state index in [0.717, 1.165) is 12.3 Å². The third-order valence-electron chi connectivity index (χ3n) is 7.82. The van der Waals surface area contributed by atoms with Crippen LogP contribution in [0.5, 0.6) is 0 Å². The van der Waals surface area contributed by atoms with Crippen molar-refractivity contribution in [2.45, 2.75) is 79.2 Å². The van der Waals surface area contributed by atoms with E-state index in [1.807, 2.05) is 27.7 Å². The van der Waals surface area contributed by atoms with E-state index in [-0.39, 0.29) is 22.9 Å². The SMILES string of the molecule is C[C@H]1O[C@H](C(C)(C)C)N2C(=O)C(C(=O)NCC3CCC4CC3C4(C)C)=C(O)[C@@H]12. The van der Waals surface area contributed by atoms with Gasteiger partial charge >= 0.3 is 0 Å². The first kappa shape index (κ1) is 19.7. The molecule has 2 bridgehead atoms. The Balaban J connectivity index is 1.47. The van der Waals surface area contributed by atoms with Gasteiger partial charge < -0.3 is 15.2 Å². The van der Waals surface area contributed by atoms with Gasteiger partial charge in [-0.2, -0.15) is 0 Å². The highest BCUT2D eigenvalue weighted by molar-refractivity contribution is 6.20. The van der Waals surface area contributed by atoms with Gasteiger partial charge in [-0.1, -0.05) is 34.6 Å². The third kappa shape index (κ3) is 2.71. The van der Waals surface area contributed by atoms with Gasteiger partial charge in [-0.05, 0) is 49.4 Å². The van der Waals surface area contributed by atoms with Crippen LogP contribution < -0.4 is 5.32 Å². The molecule has 6 nitrogen and oxygen atoms in total. The number of hydrogen-bond acceptors (Lipinski definition) is 4. The van der Waals surface area contributed by atoms with Crippen molar-refractivity contribution in [3.8, 4) is 0 Å². The lowest BCUT2D eigenvalue weighted by Gasteiger charge is -2.60. The number of nitrogens with one attached hydrogen (secondary N) is 1. The standard InChI is InChI=1S/C22H34N2O4/c1-11-16-17(25)15(19(27)24(16)20(28-11)21(2,3)4)18(26)23-10-12-7-8-13-9-14(12)22(13,5)6/h11-14,16,20,25H,7-10H2,1-6H3,(H,23,26)/t11-,12?,13?,14?,16-,20-/m1/s1. The molecule has 5 aliphatic rings. The normalized spacial score (nSPS) is 39.1. The van der Waals surface area contributed by atoms with E-state index in [4.69, 9.17) is 4.74 Å². The molecular weight excluding hydrogens is 356 g/mol. The van der Waals surface area contributed by atoms with E-state index < -0.39 is 24.1 Å². The predicted octanol–water partition coefficient (Wildman–Crippen LogP) is 2.99. The Kier molecular flexibility index (Phi) is 4.38. The van der Waals surface area contributed by atoms with Crippen LogP contribution >= 0.6 is 0 Å². The van der Waals surface area contributed by atoms with Crippen LogP contribution in [-0.4, -0.2) is 46.7 Å². The van der Waals surface area contributed by atoms with E-state index in [0.29, 0.717) is 23.8 Å². The molecule has 2 amide bonds. The first-order valence-corrected chi connectivity index (χ1v) is 10.6. The lowest BCUT2D eigenvalue weighted by atomic mass is 9.45. The van der Waals surface area contributed by atoms with E-state index in [9.17, 15) is 14.7 Å². The second-order valence-electron chi connectivity index (χ2n) is 10.9. The topological polar surface area (TPSA) is 78.9 Å². The molecule has 156 valence electrons. The largest absolute Gasteiger partial charge is 0.509 e. The summed E-state index contributed by atoms with van der Waals surface area (Å²) >= 11 is 0.